The van der Waals surface area contributed by atoms with E-state index >= 15 is 0 Å². The van der Waals surface area contributed by atoms with Crippen molar-refractivity contribution in [3.8, 4) is 11.5 Å². The summed E-state index contributed by atoms with van der Waals surface area (Å²) in [7, 11) is -1.31. The summed E-state index contributed by atoms with van der Waals surface area (Å²) in [6.07, 6.45) is 0.722. The molecule has 1 fully saturated rings. The maximum Gasteiger partial charge on any atom is 0.162 e. The molecule has 0 aromatic heterocycles. The van der Waals surface area contributed by atoms with E-state index in [0.717, 1.165) is 12.0 Å². The van der Waals surface area contributed by atoms with Gasteiger partial charge in [0.1, 0.15) is 0 Å². The van der Waals surface area contributed by atoms with Crippen LogP contribution in [0.4, 0.5) is 0 Å². The third-order valence-corrected chi connectivity index (χ3v) is 5.21. The van der Waals surface area contributed by atoms with Gasteiger partial charge in [0, 0.05) is 12.1 Å². The number of phenolic OH excluding ortho intramolecular Hbond substituents is 1. The Hall–Kier alpha value is -1.27. The average molecular weight is 285 g/mol. The number of hydrogen-bond donors (Lipinski definition) is 2. The average Bonchev–Trinajstić information content (AvgIpc) is 2.71. The zero-order valence-corrected chi connectivity index (χ0v) is 11.7. The van der Waals surface area contributed by atoms with Crippen LogP contribution in [0.1, 0.15) is 12.0 Å². The summed E-state index contributed by atoms with van der Waals surface area (Å²) in [5.41, 5.74) is 0.750. The number of ether oxygens (including phenoxy) is 1. The van der Waals surface area contributed by atoms with Crippen LogP contribution in [0.15, 0.2) is 18.2 Å². The van der Waals surface area contributed by atoms with E-state index in [1.807, 2.05) is 12.1 Å². The molecule has 2 rings (SSSR count). The van der Waals surface area contributed by atoms with E-state index in [1.165, 1.54) is 7.11 Å². The molecule has 1 aromatic rings. The van der Waals surface area contributed by atoms with Crippen LogP contribution >= 0.6 is 0 Å². The van der Waals surface area contributed by atoms with Crippen LogP contribution in [0, 0.1) is 5.92 Å². The van der Waals surface area contributed by atoms with Crippen molar-refractivity contribution in [2.75, 3.05) is 25.2 Å². The molecule has 1 atom stereocenters. The Labute approximate surface area is 113 Å². The topological polar surface area (TPSA) is 75.6 Å². The van der Waals surface area contributed by atoms with Gasteiger partial charge in [-0.15, -0.1) is 0 Å². The van der Waals surface area contributed by atoms with Crippen molar-refractivity contribution in [2.24, 2.45) is 5.92 Å². The largest absolute Gasteiger partial charge is 0.504 e. The summed E-state index contributed by atoms with van der Waals surface area (Å²) in [5, 5.41) is 13.1. The van der Waals surface area contributed by atoms with Gasteiger partial charge >= 0.3 is 0 Å². The third kappa shape index (κ3) is 3.61. The lowest BCUT2D eigenvalue weighted by Crippen LogP contribution is -2.23. The fraction of sp³-hybridized carbons (Fsp3) is 0.538. The summed E-state index contributed by atoms with van der Waals surface area (Å²) in [4.78, 5) is 0. The number of sulfone groups is 1. The maximum absolute atomic E-state index is 11.3. The Morgan fingerprint density at radius 2 is 2.26 bits per heavy atom. The van der Waals surface area contributed by atoms with E-state index in [2.05, 4.69) is 5.32 Å². The number of methoxy groups -OCH3 is 1. The van der Waals surface area contributed by atoms with E-state index in [0.29, 0.717) is 24.6 Å². The van der Waals surface area contributed by atoms with Crippen molar-refractivity contribution < 1.29 is 18.3 Å². The van der Waals surface area contributed by atoms with Gasteiger partial charge in [-0.2, -0.15) is 0 Å². The predicted molar refractivity (Wildman–Crippen MR) is 73.1 cm³/mol. The standard InChI is InChI=1S/C13H19NO4S/c1-18-12-4-2-3-11(13(12)15)8-14-7-10-5-6-19(16,17)9-10/h2-4,10,14-15H,5-9H2,1H3. The van der Waals surface area contributed by atoms with Gasteiger partial charge in [-0.3, -0.25) is 0 Å². The SMILES string of the molecule is COc1cccc(CNCC2CCS(=O)(=O)C2)c1O. The van der Waals surface area contributed by atoms with Crippen LogP contribution in [0.3, 0.4) is 0 Å². The monoisotopic (exact) mass is 285 g/mol. The second-order valence-electron chi connectivity index (χ2n) is 4.87. The number of phenols is 1. The van der Waals surface area contributed by atoms with Crippen LogP contribution in [-0.2, 0) is 16.4 Å². The first-order valence-electron chi connectivity index (χ1n) is 6.28. The Kier molecular flexibility index (Phi) is 4.31. The Morgan fingerprint density at radius 3 is 2.89 bits per heavy atom. The molecule has 1 saturated heterocycles. The molecule has 1 aliphatic heterocycles. The van der Waals surface area contributed by atoms with Crippen molar-refractivity contribution in [2.45, 2.75) is 13.0 Å². The second-order valence-corrected chi connectivity index (χ2v) is 7.10. The molecule has 0 saturated carbocycles. The minimum absolute atomic E-state index is 0.136. The smallest absolute Gasteiger partial charge is 0.162 e. The highest BCUT2D eigenvalue weighted by molar-refractivity contribution is 7.91. The second kappa shape index (κ2) is 5.79. The zero-order valence-electron chi connectivity index (χ0n) is 10.9. The molecular weight excluding hydrogens is 266 g/mol. The van der Waals surface area contributed by atoms with Crippen molar-refractivity contribution in [1.82, 2.24) is 5.32 Å². The molecule has 19 heavy (non-hydrogen) atoms. The van der Waals surface area contributed by atoms with Crippen LogP contribution in [0.5, 0.6) is 11.5 Å². The van der Waals surface area contributed by atoms with Gasteiger partial charge in [0.05, 0.1) is 18.6 Å². The molecule has 0 spiro atoms. The van der Waals surface area contributed by atoms with Gasteiger partial charge in [0.25, 0.3) is 0 Å². The van der Waals surface area contributed by atoms with E-state index < -0.39 is 9.84 Å². The number of para-hydroxylation sites is 1. The van der Waals surface area contributed by atoms with Gasteiger partial charge in [-0.05, 0) is 24.9 Å². The minimum atomic E-state index is -2.82. The van der Waals surface area contributed by atoms with Gasteiger partial charge in [-0.1, -0.05) is 12.1 Å². The van der Waals surface area contributed by atoms with Crippen molar-refractivity contribution in [1.29, 1.82) is 0 Å². The molecule has 0 amide bonds. The molecule has 0 bridgehead atoms. The Balaban J connectivity index is 1.87. The lowest BCUT2D eigenvalue weighted by atomic mass is 10.1. The normalized spacial score (nSPS) is 21.4. The number of benzene rings is 1. The van der Waals surface area contributed by atoms with Crippen LogP contribution in [0.25, 0.3) is 0 Å². The molecule has 1 heterocycles. The molecule has 0 radical (unpaired) electrons. The minimum Gasteiger partial charge on any atom is -0.504 e. The van der Waals surface area contributed by atoms with Crippen molar-refractivity contribution in [3.05, 3.63) is 23.8 Å². The van der Waals surface area contributed by atoms with E-state index in [-0.39, 0.29) is 17.4 Å². The van der Waals surface area contributed by atoms with Crippen LogP contribution in [-0.4, -0.2) is 38.7 Å². The molecule has 6 heteroatoms. The summed E-state index contributed by atoms with van der Waals surface area (Å²) in [5.74, 6) is 1.32. The van der Waals surface area contributed by atoms with Gasteiger partial charge in [-0.25, -0.2) is 8.42 Å². The summed E-state index contributed by atoms with van der Waals surface area (Å²) >= 11 is 0. The summed E-state index contributed by atoms with van der Waals surface area (Å²) in [6, 6.07) is 5.33. The fourth-order valence-corrected chi connectivity index (χ4v) is 4.18. The Morgan fingerprint density at radius 1 is 1.47 bits per heavy atom. The molecule has 106 valence electrons. The maximum atomic E-state index is 11.3. The summed E-state index contributed by atoms with van der Waals surface area (Å²) in [6.45, 7) is 1.15. The molecular formula is C13H19NO4S. The highest BCUT2D eigenvalue weighted by atomic mass is 32.2. The lowest BCUT2D eigenvalue weighted by molar-refractivity contribution is 0.369. The number of aromatic hydroxyl groups is 1. The molecule has 1 unspecified atom stereocenters. The lowest BCUT2D eigenvalue weighted by Gasteiger charge is -2.12. The van der Waals surface area contributed by atoms with Gasteiger partial charge in [0.15, 0.2) is 21.3 Å². The van der Waals surface area contributed by atoms with Gasteiger partial charge < -0.3 is 15.2 Å². The summed E-state index contributed by atoms with van der Waals surface area (Å²) < 4.78 is 27.7. The fourth-order valence-electron chi connectivity index (χ4n) is 2.32. The van der Waals surface area contributed by atoms with Gasteiger partial charge in [0.2, 0.25) is 0 Å². The molecule has 1 aromatic carbocycles. The highest BCUT2D eigenvalue weighted by Crippen LogP contribution is 2.29. The predicted octanol–water partition coefficient (Wildman–Crippen LogP) is 0.925. The van der Waals surface area contributed by atoms with Crippen molar-refractivity contribution >= 4 is 9.84 Å². The van der Waals surface area contributed by atoms with Crippen LogP contribution in [0.2, 0.25) is 0 Å². The molecule has 2 N–H and O–H groups in total. The van der Waals surface area contributed by atoms with E-state index in [9.17, 15) is 13.5 Å². The van der Waals surface area contributed by atoms with Crippen molar-refractivity contribution in [3.63, 3.8) is 0 Å². The highest BCUT2D eigenvalue weighted by Gasteiger charge is 2.27. The first kappa shape index (κ1) is 14.1. The first-order valence-corrected chi connectivity index (χ1v) is 8.10. The first-order chi connectivity index (χ1) is 9.02. The third-order valence-electron chi connectivity index (χ3n) is 3.38. The quantitative estimate of drug-likeness (QED) is 0.841. The van der Waals surface area contributed by atoms with E-state index in [1.54, 1.807) is 6.07 Å². The van der Waals surface area contributed by atoms with Crippen LogP contribution < -0.4 is 10.1 Å². The zero-order chi connectivity index (χ0) is 13.9. The number of nitrogens with one attached hydrogen (secondary N) is 1. The molecule has 5 nitrogen and oxygen atoms in total. The number of rotatable bonds is 5. The molecule has 0 aliphatic carbocycles. The molecule has 1 aliphatic rings. The Bertz CT molecular complexity index is 542. The number of hydrogen-bond acceptors (Lipinski definition) is 5. The van der Waals surface area contributed by atoms with E-state index in [4.69, 9.17) is 4.74 Å².